The van der Waals surface area contributed by atoms with E-state index in [2.05, 4.69) is 15.5 Å². The van der Waals surface area contributed by atoms with Crippen LogP contribution in [0.4, 0.5) is 18.9 Å². The van der Waals surface area contributed by atoms with Gasteiger partial charge in [0.1, 0.15) is 0 Å². The van der Waals surface area contributed by atoms with Gasteiger partial charge in [0.05, 0.1) is 11.4 Å². The normalized spacial score (nSPS) is 19.3. The highest BCUT2D eigenvalue weighted by atomic mass is 35.5. The Balaban J connectivity index is 0.00000200. The zero-order valence-corrected chi connectivity index (χ0v) is 11.6. The van der Waals surface area contributed by atoms with Gasteiger partial charge in [-0.15, -0.1) is 12.4 Å². The Morgan fingerprint density at radius 2 is 2.20 bits per heavy atom. The third-order valence-corrected chi connectivity index (χ3v) is 3.16. The molecule has 0 aromatic carbocycles. The number of aromatic nitrogens is 2. The molecule has 0 saturated carbocycles. The Kier molecular flexibility index (Phi) is 5.41. The van der Waals surface area contributed by atoms with Gasteiger partial charge in [-0.3, -0.25) is 14.8 Å². The molecule has 0 spiro atoms. The zero-order chi connectivity index (χ0) is 14.0. The Morgan fingerprint density at radius 3 is 2.65 bits per heavy atom. The molecule has 1 aromatic heterocycles. The maximum atomic E-state index is 12.7. The summed E-state index contributed by atoms with van der Waals surface area (Å²) in [6.45, 7) is 2.68. The fourth-order valence-corrected chi connectivity index (χ4v) is 2.26. The van der Waals surface area contributed by atoms with Crippen molar-refractivity contribution in [3.63, 3.8) is 0 Å². The molecule has 1 atom stereocenters. The van der Waals surface area contributed by atoms with E-state index in [4.69, 9.17) is 0 Å². The number of nitrogens with zero attached hydrogens (tertiary/aromatic N) is 2. The molecule has 1 aliphatic rings. The molecular weight excluding hydrogens is 297 g/mol. The van der Waals surface area contributed by atoms with Crippen LogP contribution in [0, 0.1) is 6.92 Å². The highest BCUT2D eigenvalue weighted by Crippen LogP contribution is 2.28. The molecule has 5 nitrogen and oxygen atoms in total. The highest BCUT2D eigenvalue weighted by Gasteiger charge is 2.46. The number of hydrogen-bond acceptors (Lipinski definition) is 3. The third kappa shape index (κ3) is 3.43. The minimum atomic E-state index is -4.89. The molecule has 1 unspecified atom stereocenters. The molecule has 0 bridgehead atoms. The van der Waals surface area contributed by atoms with Crippen molar-refractivity contribution in [2.75, 3.05) is 18.0 Å². The molecule has 2 rings (SSSR count). The Morgan fingerprint density at radius 1 is 1.50 bits per heavy atom. The highest BCUT2D eigenvalue weighted by molar-refractivity contribution is 5.98. The maximum absolute atomic E-state index is 12.7. The summed E-state index contributed by atoms with van der Waals surface area (Å²) in [5.41, 5.74) is 0.569. The number of nitrogens with one attached hydrogen (secondary N) is 2. The first kappa shape index (κ1) is 16.8. The van der Waals surface area contributed by atoms with Gasteiger partial charge in [0.25, 0.3) is 0 Å². The topological polar surface area (TPSA) is 61.0 Å². The third-order valence-electron chi connectivity index (χ3n) is 3.16. The number of halogens is 4. The summed E-state index contributed by atoms with van der Waals surface area (Å²) in [6.07, 6.45) is -2.28. The average Bonchev–Trinajstić information content (AvgIpc) is 2.76. The molecule has 2 N–H and O–H groups in total. The molecule has 1 saturated heterocycles. The van der Waals surface area contributed by atoms with Gasteiger partial charge in [-0.2, -0.15) is 18.3 Å². The lowest BCUT2D eigenvalue weighted by atomic mass is 10.0. The Labute approximate surface area is 120 Å². The second-order valence-corrected chi connectivity index (χ2v) is 4.53. The van der Waals surface area contributed by atoms with Gasteiger partial charge in [-0.05, 0) is 26.3 Å². The van der Waals surface area contributed by atoms with Crippen LogP contribution in [-0.4, -0.2) is 41.4 Å². The van der Waals surface area contributed by atoms with Gasteiger partial charge < -0.3 is 5.32 Å². The molecule has 0 radical (unpaired) electrons. The Hall–Kier alpha value is -1.28. The lowest BCUT2D eigenvalue weighted by molar-refractivity contribution is -0.171. The number of carbonyl (C=O) groups is 1. The number of hydrogen-bond donors (Lipinski definition) is 2. The zero-order valence-electron chi connectivity index (χ0n) is 10.8. The summed E-state index contributed by atoms with van der Waals surface area (Å²) in [4.78, 5) is 12.5. The minimum Gasteiger partial charge on any atom is -0.315 e. The number of anilines is 1. The van der Waals surface area contributed by atoms with Crippen molar-refractivity contribution in [1.29, 1.82) is 0 Å². The number of piperidine rings is 1. The predicted octanol–water partition coefficient (Wildman–Crippen LogP) is 1.79. The van der Waals surface area contributed by atoms with Crippen LogP contribution in [0.1, 0.15) is 18.5 Å². The van der Waals surface area contributed by atoms with Gasteiger partial charge in [0.2, 0.25) is 0 Å². The number of aryl methyl sites for hydroxylation is 1. The van der Waals surface area contributed by atoms with Crippen LogP contribution in [0.15, 0.2) is 6.20 Å². The number of aromatic amines is 1. The van der Waals surface area contributed by atoms with Crippen LogP contribution in [0.2, 0.25) is 0 Å². The lowest BCUT2D eigenvalue weighted by Crippen LogP contribution is -2.53. The fourth-order valence-electron chi connectivity index (χ4n) is 2.26. The van der Waals surface area contributed by atoms with Gasteiger partial charge in [-0.25, -0.2) is 0 Å². The van der Waals surface area contributed by atoms with E-state index in [0.29, 0.717) is 18.7 Å². The van der Waals surface area contributed by atoms with Crippen LogP contribution in [0.3, 0.4) is 0 Å². The second kappa shape index (κ2) is 6.45. The number of rotatable bonds is 2. The molecule has 1 fully saturated rings. The number of H-pyrrole nitrogens is 1. The Bertz CT molecular complexity index is 457. The maximum Gasteiger partial charge on any atom is 0.471 e. The predicted molar refractivity (Wildman–Crippen MR) is 70.0 cm³/mol. The van der Waals surface area contributed by atoms with Crippen molar-refractivity contribution in [1.82, 2.24) is 15.5 Å². The van der Waals surface area contributed by atoms with Crippen molar-refractivity contribution < 1.29 is 18.0 Å². The van der Waals surface area contributed by atoms with Crippen LogP contribution in [0.25, 0.3) is 0 Å². The molecule has 0 aliphatic carbocycles. The van der Waals surface area contributed by atoms with Crippen molar-refractivity contribution in [3.05, 3.63) is 11.9 Å². The smallest absolute Gasteiger partial charge is 0.315 e. The molecule has 1 amide bonds. The number of amides is 1. The first-order valence-corrected chi connectivity index (χ1v) is 6.02. The first-order chi connectivity index (χ1) is 8.91. The van der Waals surface area contributed by atoms with E-state index in [9.17, 15) is 18.0 Å². The first-order valence-electron chi connectivity index (χ1n) is 6.02. The van der Waals surface area contributed by atoms with Crippen LogP contribution < -0.4 is 10.2 Å². The lowest BCUT2D eigenvalue weighted by Gasteiger charge is -2.34. The van der Waals surface area contributed by atoms with Crippen molar-refractivity contribution in [2.24, 2.45) is 0 Å². The summed E-state index contributed by atoms with van der Waals surface area (Å²) in [5.74, 6) is -1.84. The van der Waals surface area contributed by atoms with Gasteiger partial charge in [-0.1, -0.05) is 0 Å². The quantitative estimate of drug-likeness (QED) is 0.875. The van der Waals surface area contributed by atoms with E-state index in [1.54, 1.807) is 6.92 Å². The van der Waals surface area contributed by atoms with Crippen LogP contribution >= 0.6 is 12.4 Å². The molecule has 114 valence electrons. The van der Waals surface area contributed by atoms with Crippen molar-refractivity contribution in [2.45, 2.75) is 32.0 Å². The van der Waals surface area contributed by atoms with E-state index in [1.165, 1.54) is 6.20 Å². The largest absolute Gasteiger partial charge is 0.471 e. The molecular formula is C11H16ClF3N4O. The molecule has 20 heavy (non-hydrogen) atoms. The average molecular weight is 313 g/mol. The fraction of sp³-hybridized carbons (Fsp3) is 0.636. The van der Waals surface area contributed by atoms with Crippen LogP contribution in [-0.2, 0) is 4.79 Å². The monoisotopic (exact) mass is 312 g/mol. The summed E-state index contributed by atoms with van der Waals surface area (Å²) in [7, 11) is 0. The van der Waals surface area contributed by atoms with E-state index in [1.807, 2.05) is 0 Å². The number of carbonyl (C=O) groups excluding carboxylic acids is 1. The van der Waals surface area contributed by atoms with Gasteiger partial charge in [0, 0.05) is 18.8 Å². The van der Waals surface area contributed by atoms with Gasteiger partial charge in [0.15, 0.2) is 0 Å². The van der Waals surface area contributed by atoms with Crippen molar-refractivity contribution in [3.8, 4) is 0 Å². The van der Waals surface area contributed by atoms with Gasteiger partial charge >= 0.3 is 12.1 Å². The van der Waals surface area contributed by atoms with Crippen molar-refractivity contribution >= 4 is 24.0 Å². The van der Waals surface area contributed by atoms with E-state index < -0.39 is 18.1 Å². The molecule has 1 aromatic rings. The SMILES string of the molecule is Cc1n[nH]cc1N(C(=O)C(F)(F)F)C1CCCNC1.Cl. The summed E-state index contributed by atoms with van der Waals surface area (Å²) in [6, 6.07) is -0.501. The standard InChI is InChI=1S/C11H15F3N4O.ClH/c1-7-9(6-16-17-7)18(10(19)11(12,13)14)8-3-2-4-15-5-8;/h6,8,15H,2-5H2,1H3,(H,16,17);1H. The molecule has 1 aliphatic heterocycles. The van der Waals surface area contributed by atoms with E-state index in [0.717, 1.165) is 17.9 Å². The van der Waals surface area contributed by atoms with E-state index >= 15 is 0 Å². The number of alkyl halides is 3. The summed E-state index contributed by atoms with van der Waals surface area (Å²) in [5, 5.41) is 9.29. The second-order valence-electron chi connectivity index (χ2n) is 4.53. The van der Waals surface area contributed by atoms with Crippen LogP contribution in [0.5, 0.6) is 0 Å². The minimum absolute atomic E-state index is 0. The molecule has 2 heterocycles. The molecule has 9 heteroatoms. The summed E-state index contributed by atoms with van der Waals surface area (Å²) >= 11 is 0. The summed E-state index contributed by atoms with van der Waals surface area (Å²) < 4.78 is 38.2. The van der Waals surface area contributed by atoms with E-state index in [-0.39, 0.29) is 18.1 Å².